The number of hydrogen-bond donors (Lipinski definition) is 0. The highest BCUT2D eigenvalue weighted by Crippen LogP contribution is 2.51. The molecule has 2 unspecified atom stereocenters. The minimum atomic E-state index is -1.16. The summed E-state index contributed by atoms with van der Waals surface area (Å²) in [7, 11) is -2.32. The molecular weight excluding hydrogens is 689 g/mol. The predicted octanol–water partition coefficient (Wildman–Crippen LogP) is 13.1. The van der Waals surface area contributed by atoms with E-state index in [0.717, 1.165) is 42.5 Å². The molecule has 8 aromatic carbocycles. The Bertz CT molecular complexity index is 2720. The molecule has 0 saturated carbocycles. The van der Waals surface area contributed by atoms with Crippen molar-refractivity contribution in [2.45, 2.75) is 23.6 Å². The highest BCUT2D eigenvalue weighted by atomic mass is 32.2. The molecule has 0 amide bonds. The number of benzene rings is 8. The second-order valence-electron chi connectivity index (χ2n) is 12.0. The van der Waals surface area contributed by atoms with Crippen LogP contribution in [0.3, 0.4) is 0 Å². The summed E-state index contributed by atoms with van der Waals surface area (Å²) >= 11 is 3.83. The van der Waals surface area contributed by atoms with Crippen LogP contribution in [0.4, 0.5) is 0 Å². The van der Waals surface area contributed by atoms with E-state index in [1.54, 1.807) is 12.5 Å². The van der Waals surface area contributed by atoms with Gasteiger partial charge in [-0.15, -0.1) is 22.7 Å². The standard InChI is InChI=1S/C22H18O2S2.C20H10S2.C2H6/c1-25(23)19-13-11-15-7-3-5-9-17(15)21(19)22-18-10-6-4-8-16(18)12-14-20(22)26(2)24;1-3-11-7-9-16-19-17(11)13(5-1)21-15-10-8-12-4-2-6-14(22-16)18(12)20(15)19;1-2/h3-14H,1-2H3;1-10H;1-2H3/i;;1T2. The fourth-order valence-electron chi connectivity index (χ4n) is 7.22. The molecule has 2 nitrogen and oxygen atoms in total. The highest BCUT2D eigenvalue weighted by molar-refractivity contribution is 7.85. The lowest BCUT2D eigenvalue weighted by molar-refractivity contribution is 0.685. The Labute approximate surface area is 307 Å². The maximum absolute atomic E-state index is 12.5. The van der Waals surface area contributed by atoms with Crippen LogP contribution in [-0.2, 0) is 21.6 Å². The number of rotatable bonds is 3. The first-order chi connectivity index (χ1) is 25.2. The van der Waals surface area contributed by atoms with Gasteiger partial charge in [0.1, 0.15) is 0 Å². The molecule has 2 atom stereocenters. The summed E-state index contributed by atoms with van der Waals surface area (Å²) in [5.74, 6) is 0. The predicted molar refractivity (Wildman–Crippen MR) is 223 cm³/mol. The fraction of sp³-hybridized carbons (Fsp3) is 0.0909. The maximum Gasteiger partial charge on any atom is 0.0504 e. The second-order valence-corrected chi connectivity index (χ2v) is 16.9. The Kier molecular flexibility index (Phi) is 8.11. The molecule has 0 radical (unpaired) electrons. The summed E-state index contributed by atoms with van der Waals surface area (Å²) in [5.41, 5.74) is 4.75. The van der Waals surface area contributed by atoms with E-state index in [1.807, 2.05) is 83.3 Å². The van der Waals surface area contributed by atoms with Crippen molar-refractivity contribution >= 4 is 106 Å². The van der Waals surface area contributed by atoms with E-state index in [1.165, 1.54) is 58.4 Å². The lowest BCUT2D eigenvalue weighted by Crippen LogP contribution is -1.99. The molecule has 0 fully saturated rings. The van der Waals surface area contributed by atoms with Crippen molar-refractivity contribution < 1.29 is 11.2 Å². The Morgan fingerprint density at radius 2 is 0.820 bits per heavy atom. The van der Waals surface area contributed by atoms with Gasteiger partial charge in [-0.3, -0.25) is 8.42 Å². The first-order valence-electron chi connectivity index (χ1n) is 17.4. The molecule has 0 aromatic heterocycles. The quantitative estimate of drug-likeness (QED) is 0.134. The van der Waals surface area contributed by atoms with Crippen LogP contribution in [0.5, 0.6) is 0 Å². The van der Waals surface area contributed by atoms with Crippen molar-refractivity contribution in [1.82, 2.24) is 0 Å². The summed E-state index contributed by atoms with van der Waals surface area (Å²) in [5, 5.41) is 9.80. The van der Waals surface area contributed by atoms with Gasteiger partial charge in [0, 0.05) is 76.9 Å². The van der Waals surface area contributed by atoms with Crippen LogP contribution in [0.2, 0.25) is 0 Å². The molecule has 2 aliphatic rings. The average molecular weight is 727 g/mol. The van der Waals surface area contributed by atoms with Crippen molar-refractivity contribution in [2.24, 2.45) is 0 Å². The van der Waals surface area contributed by atoms with Crippen LogP contribution in [0, 0.1) is 0 Å². The van der Waals surface area contributed by atoms with Crippen molar-refractivity contribution in [3.8, 4) is 22.3 Å². The summed E-state index contributed by atoms with van der Waals surface area (Å²) in [6, 6.07) is 46.5. The molecule has 8 aromatic rings. The molecule has 2 heterocycles. The summed E-state index contributed by atoms with van der Waals surface area (Å²) in [6.07, 6.45) is 3.39. The summed E-state index contributed by atoms with van der Waals surface area (Å²) in [6.45, 7) is 0.833. The summed E-state index contributed by atoms with van der Waals surface area (Å²) < 4.78 is 43.1. The van der Waals surface area contributed by atoms with Crippen molar-refractivity contribution in [1.29, 1.82) is 0 Å². The Balaban J connectivity index is 0.000000136. The molecule has 0 aliphatic carbocycles. The lowest BCUT2D eigenvalue weighted by atomic mass is 9.93. The van der Waals surface area contributed by atoms with Crippen molar-refractivity contribution in [3.63, 3.8) is 0 Å². The first kappa shape index (κ1) is 30.4. The fourth-order valence-corrected chi connectivity index (χ4v) is 11.0. The molecule has 6 heteroatoms. The Morgan fingerprint density at radius 1 is 0.440 bits per heavy atom. The molecule has 0 bridgehead atoms. The normalized spacial score (nSPS) is 13.4. The molecule has 10 rings (SSSR count). The van der Waals surface area contributed by atoms with Gasteiger partial charge in [-0.2, -0.15) is 0 Å². The van der Waals surface area contributed by atoms with E-state index < -0.39 is 28.5 Å². The zero-order valence-corrected chi connectivity index (χ0v) is 31.0. The van der Waals surface area contributed by atoms with Crippen LogP contribution in [0.25, 0.3) is 84.1 Å². The molecular formula is C44H34O2S4. The molecule has 246 valence electrons. The van der Waals surface area contributed by atoms with Gasteiger partial charge < -0.3 is 0 Å². The van der Waals surface area contributed by atoms with Gasteiger partial charge in [-0.05, 0) is 68.7 Å². The number of fused-ring (bicyclic) bond motifs is 2. The molecule has 0 spiro atoms. The Morgan fingerprint density at radius 3 is 1.24 bits per heavy atom. The second kappa shape index (κ2) is 13.3. The number of hydrogen-bond acceptors (Lipinski definition) is 4. The minimum Gasteiger partial charge on any atom is -0.255 e. The van der Waals surface area contributed by atoms with Crippen LogP contribution >= 0.6 is 22.7 Å². The minimum absolute atomic E-state index is 0.667. The third-order valence-electron chi connectivity index (χ3n) is 9.28. The van der Waals surface area contributed by atoms with E-state index in [0.29, 0.717) is 0 Å². The maximum atomic E-state index is 12.5. The first-order valence-corrected chi connectivity index (χ1v) is 21.0. The van der Waals surface area contributed by atoms with Gasteiger partial charge in [-0.25, -0.2) is 0 Å². The summed E-state index contributed by atoms with van der Waals surface area (Å²) in [4.78, 5) is 1.54. The van der Waals surface area contributed by atoms with Crippen LogP contribution in [0.15, 0.2) is 143 Å². The van der Waals surface area contributed by atoms with Gasteiger partial charge in [0.05, 0.1) is 21.6 Å². The van der Waals surface area contributed by atoms with E-state index in [2.05, 4.69) is 72.8 Å². The largest absolute Gasteiger partial charge is 0.255 e. The SMILES string of the molecule is CS(=O)c1ccc2ccccc2c1-c1c(S(C)=O)ccc2ccccc12.[3H]C([3H])C.c1cc2ccc3sc4cccc5ccc6sc(c1)c2c3-c6c54. The van der Waals surface area contributed by atoms with Crippen LogP contribution < -0.4 is 0 Å². The molecule has 2 aliphatic heterocycles. The van der Waals surface area contributed by atoms with Gasteiger partial charge in [0.2, 0.25) is 0 Å². The van der Waals surface area contributed by atoms with Gasteiger partial charge in [0.15, 0.2) is 0 Å². The third kappa shape index (κ3) is 5.33. The van der Waals surface area contributed by atoms with Gasteiger partial charge in [0.25, 0.3) is 0 Å². The average Bonchev–Trinajstić information content (AvgIpc) is 3.15. The van der Waals surface area contributed by atoms with Gasteiger partial charge >= 0.3 is 0 Å². The van der Waals surface area contributed by atoms with E-state index in [9.17, 15) is 8.42 Å². The third-order valence-corrected chi connectivity index (χ3v) is 13.4. The molecule has 0 N–H and O–H groups in total. The van der Waals surface area contributed by atoms with Crippen LogP contribution in [-0.4, -0.2) is 20.9 Å². The molecule has 0 saturated heterocycles. The molecule has 50 heavy (non-hydrogen) atoms. The topological polar surface area (TPSA) is 34.1 Å². The van der Waals surface area contributed by atoms with E-state index >= 15 is 0 Å². The smallest absolute Gasteiger partial charge is 0.0504 e. The highest BCUT2D eigenvalue weighted by Gasteiger charge is 2.22. The van der Waals surface area contributed by atoms with Gasteiger partial charge in [-0.1, -0.05) is 111 Å². The van der Waals surface area contributed by atoms with E-state index in [-0.39, 0.29) is 0 Å². The monoisotopic (exact) mass is 726 g/mol. The zero-order chi connectivity index (χ0) is 36.1. The van der Waals surface area contributed by atoms with E-state index in [4.69, 9.17) is 2.74 Å². The van der Waals surface area contributed by atoms with Crippen molar-refractivity contribution in [3.05, 3.63) is 133 Å². The zero-order valence-electron chi connectivity index (χ0n) is 29.7. The lowest BCUT2D eigenvalue weighted by Gasteiger charge is -2.20. The Hall–Kier alpha value is -4.46. The van der Waals surface area contributed by atoms with Crippen LogP contribution in [0.1, 0.15) is 16.5 Å². The van der Waals surface area contributed by atoms with Crippen molar-refractivity contribution in [2.75, 3.05) is 12.5 Å².